The van der Waals surface area contributed by atoms with Gasteiger partial charge in [-0.25, -0.2) is 4.31 Å². The number of nitro benzene ring substituents is 1. The molecule has 0 aliphatic carbocycles. The van der Waals surface area contributed by atoms with Gasteiger partial charge in [-0.05, 0) is 36.2 Å². The van der Waals surface area contributed by atoms with E-state index in [4.69, 9.17) is 0 Å². The van der Waals surface area contributed by atoms with E-state index in [1.54, 1.807) is 24.3 Å². The van der Waals surface area contributed by atoms with Gasteiger partial charge in [0.2, 0.25) is 0 Å². The Labute approximate surface area is 123 Å². The van der Waals surface area contributed by atoms with E-state index in [9.17, 15) is 19.7 Å². The van der Waals surface area contributed by atoms with Crippen LogP contribution in [0.15, 0.2) is 53.4 Å². The van der Waals surface area contributed by atoms with Crippen molar-refractivity contribution in [1.29, 1.82) is 0 Å². The number of hydrogen-bond donors (Lipinski definition) is 0. The lowest BCUT2D eigenvalue weighted by Gasteiger charge is -2.11. The molecule has 0 unspecified atom stereocenters. The second kappa shape index (κ2) is 5.02. The summed E-state index contributed by atoms with van der Waals surface area (Å²) >= 11 is 0.956. The molecule has 21 heavy (non-hydrogen) atoms. The van der Waals surface area contributed by atoms with E-state index < -0.39 is 4.92 Å². The molecule has 1 aliphatic heterocycles. The van der Waals surface area contributed by atoms with Crippen LogP contribution in [0.2, 0.25) is 0 Å². The van der Waals surface area contributed by atoms with Gasteiger partial charge in [-0.3, -0.25) is 19.7 Å². The number of imide groups is 1. The maximum atomic E-state index is 12.2. The van der Waals surface area contributed by atoms with E-state index in [1.165, 1.54) is 24.3 Å². The fraction of sp³-hybridized carbons (Fsp3) is 0. The molecule has 0 aromatic heterocycles. The lowest BCUT2D eigenvalue weighted by atomic mass is 10.1. The van der Waals surface area contributed by atoms with Gasteiger partial charge in [0.15, 0.2) is 0 Å². The number of rotatable bonds is 3. The van der Waals surface area contributed by atoms with Crippen LogP contribution < -0.4 is 0 Å². The summed E-state index contributed by atoms with van der Waals surface area (Å²) in [5.74, 6) is -0.752. The second-order valence-corrected chi connectivity index (χ2v) is 5.31. The zero-order chi connectivity index (χ0) is 15.0. The monoisotopic (exact) mass is 300 g/mol. The highest BCUT2D eigenvalue weighted by Gasteiger charge is 2.36. The summed E-state index contributed by atoms with van der Waals surface area (Å²) in [5, 5.41) is 10.6. The Bertz CT molecular complexity index is 723. The van der Waals surface area contributed by atoms with Crippen molar-refractivity contribution in [2.45, 2.75) is 4.90 Å². The standard InChI is InChI=1S/C14H8N2O4S/c17-13-11-3-1-2-4-12(11)14(18)15(13)21-10-7-5-9(6-8-10)16(19)20/h1-8H. The number of hydrogen-bond acceptors (Lipinski definition) is 5. The van der Waals surface area contributed by atoms with Gasteiger partial charge in [0.05, 0.1) is 16.1 Å². The highest BCUT2D eigenvalue weighted by Crippen LogP contribution is 2.33. The van der Waals surface area contributed by atoms with Crippen molar-refractivity contribution in [3.8, 4) is 0 Å². The molecule has 0 fully saturated rings. The molecule has 0 saturated heterocycles. The number of nitrogens with zero attached hydrogens (tertiary/aromatic N) is 2. The number of amides is 2. The Morgan fingerprint density at radius 3 is 1.90 bits per heavy atom. The van der Waals surface area contributed by atoms with Gasteiger partial charge < -0.3 is 0 Å². The van der Waals surface area contributed by atoms with Crippen LogP contribution in [-0.4, -0.2) is 21.0 Å². The largest absolute Gasteiger partial charge is 0.272 e. The van der Waals surface area contributed by atoms with Crippen molar-refractivity contribution in [2.24, 2.45) is 0 Å². The summed E-state index contributed by atoms with van der Waals surface area (Å²) in [5.41, 5.74) is 0.704. The Morgan fingerprint density at radius 1 is 0.905 bits per heavy atom. The SMILES string of the molecule is O=C1c2ccccc2C(=O)N1Sc1ccc([N+](=O)[O-])cc1. The smallest absolute Gasteiger partial charge is 0.268 e. The number of carbonyl (C=O) groups is 2. The van der Waals surface area contributed by atoms with Crippen LogP contribution in [0.3, 0.4) is 0 Å². The van der Waals surface area contributed by atoms with Crippen LogP contribution in [-0.2, 0) is 0 Å². The molecule has 2 aromatic rings. The third-order valence-electron chi connectivity index (χ3n) is 3.00. The number of nitro groups is 1. The minimum Gasteiger partial charge on any atom is -0.268 e. The normalized spacial score (nSPS) is 13.4. The van der Waals surface area contributed by atoms with Crippen molar-refractivity contribution >= 4 is 29.4 Å². The highest BCUT2D eigenvalue weighted by molar-refractivity contribution is 7.98. The Balaban J connectivity index is 1.85. The highest BCUT2D eigenvalue weighted by atomic mass is 32.2. The van der Waals surface area contributed by atoms with Gasteiger partial charge in [0.25, 0.3) is 17.5 Å². The molecule has 6 nitrogen and oxygen atoms in total. The number of carbonyl (C=O) groups excluding carboxylic acids is 2. The van der Waals surface area contributed by atoms with Crippen LogP contribution in [0.1, 0.15) is 20.7 Å². The maximum Gasteiger partial charge on any atom is 0.272 e. The molecule has 2 amide bonds. The third-order valence-corrected chi connectivity index (χ3v) is 4.00. The molecule has 1 aliphatic rings. The first kappa shape index (κ1) is 13.3. The zero-order valence-corrected chi connectivity index (χ0v) is 11.4. The van der Waals surface area contributed by atoms with Crippen LogP contribution in [0.5, 0.6) is 0 Å². The molecule has 3 rings (SSSR count). The molecule has 104 valence electrons. The Hall–Kier alpha value is -2.67. The molecular weight excluding hydrogens is 292 g/mol. The maximum absolute atomic E-state index is 12.2. The predicted octanol–water partition coefficient (Wildman–Crippen LogP) is 2.90. The number of non-ortho nitro benzene ring substituents is 1. The molecule has 0 spiro atoms. The minimum absolute atomic E-state index is 0.0401. The molecule has 1 heterocycles. The van der Waals surface area contributed by atoms with Crippen LogP contribution in [0, 0.1) is 10.1 Å². The minimum atomic E-state index is -0.504. The van der Waals surface area contributed by atoms with Gasteiger partial charge in [-0.1, -0.05) is 12.1 Å². The van der Waals surface area contributed by atoms with Crippen molar-refractivity contribution < 1.29 is 14.5 Å². The van der Waals surface area contributed by atoms with Gasteiger partial charge in [0.1, 0.15) is 0 Å². The Kier molecular flexibility index (Phi) is 3.19. The van der Waals surface area contributed by atoms with E-state index in [0.29, 0.717) is 16.0 Å². The summed E-state index contributed by atoms with van der Waals surface area (Å²) in [7, 11) is 0. The average Bonchev–Trinajstić information content (AvgIpc) is 2.73. The molecule has 0 atom stereocenters. The van der Waals surface area contributed by atoms with E-state index in [1.807, 2.05) is 0 Å². The molecule has 0 N–H and O–H groups in total. The summed E-state index contributed by atoms with van der Waals surface area (Å²) in [6.45, 7) is 0. The van der Waals surface area contributed by atoms with Gasteiger partial charge in [-0.15, -0.1) is 0 Å². The van der Waals surface area contributed by atoms with Crippen molar-refractivity contribution in [2.75, 3.05) is 0 Å². The van der Waals surface area contributed by atoms with Gasteiger partial charge in [0, 0.05) is 17.0 Å². The topological polar surface area (TPSA) is 80.5 Å². The molecular formula is C14H8N2O4S. The van der Waals surface area contributed by atoms with E-state index in [0.717, 1.165) is 16.3 Å². The van der Waals surface area contributed by atoms with Crippen LogP contribution in [0.4, 0.5) is 5.69 Å². The molecule has 0 saturated carbocycles. The lowest BCUT2D eigenvalue weighted by Crippen LogP contribution is -2.21. The third kappa shape index (κ3) is 2.27. The molecule has 0 bridgehead atoms. The molecule has 0 radical (unpaired) electrons. The van der Waals surface area contributed by atoms with Gasteiger partial charge >= 0.3 is 0 Å². The van der Waals surface area contributed by atoms with Crippen LogP contribution >= 0.6 is 11.9 Å². The summed E-state index contributed by atoms with van der Waals surface area (Å²) < 4.78 is 1.06. The molecule has 2 aromatic carbocycles. The second-order valence-electron chi connectivity index (χ2n) is 4.29. The summed E-state index contributed by atoms with van der Waals surface area (Å²) in [4.78, 5) is 35.0. The van der Waals surface area contributed by atoms with Crippen LogP contribution in [0.25, 0.3) is 0 Å². The number of benzene rings is 2. The van der Waals surface area contributed by atoms with E-state index >= 15 is 0 Å². The molecule has 7 heteroatoms. The predicted molar refractivity (Wildman–Crippen MR) is 75.9 cm³/mol. The van der Waals surface area contributed by atoms with Crippen molar-refractivity contribution in [3.63, 3.8) is 0 Å². The van der Waals surface area contributed by atoms with Gasteiger partial charge in [-0.2, -0.15) is 0 Å². The fourth-order valence-corrected chi connectivity index (χ4v) is 2.82. The van der Waals surface area contributed by atoms with E-state index in [2.05, 4.69) is 0 Å². The lowest BCUT2D eigenvalue weighted by molar-refractivity contribution is -0.384. The quantitative estimate of drug-likeness (QED) is 0.377. The van der Waals surface area contributed by atoms with Crippen molar-refractivity contribution in [1.82, 2.24) is 4.31 Å². The first-order chi connectivity index (χ1) is 10.1. The summed E-state index contributed by atoms with van der Waals surface area (Å²) in [6.07, 6.45) is 0. The zero-order valence-electron chi connectivity index (χ0n) is 10.6. The van der Waals surface area contributed by atoms with Crippen molar-refractivity contribution in [3.05, 3.63) is 69.8 Å². The first-order valence-electron chi connectivity index (χ1n) is 5.98. The first-order valence-corrected chi connectivity index (χ1v) is 6.75. The Morgan fingerprint density at radius 2 is 1.43 bits per heavy atom. The summed E-state index contributed by atoms with van der Waals surface area (Å²) in [6, 6.07) is 12.3. The average molecular weight is 300 g/mol. The number of fused-ring (bicyclic) bond motifs is 1. The fourth-order valence-electron chi connectivity index (χ4n) is 1.98. The van der Waals surface area contributed by atoms with E-state index in [-0.39, 0.29) is 17.5 Å².